The van der Waals surface area contributed by atoms with Crippen LogP contribution in [0, 0.1) is 5.92 Å². The average Bonchev–Trinajstić information content (AvgIpc) is 2.62. The van der Waals surface area contributed by atoms with Gasteiger partial charge in [-0.3, -0.25) is 9.59 Å². The van der Waals surface area contributed by atoms with Crippen molar-refractivity contribution in [3.63, 3.8) is 0 Å². The molecule has 5 nitrogen and oxygen atoms in total. The summed E-state index contributed by atoms with van der Waals surface area (Å²) in [7, 11) is 0. The number of carboxylic acid groups (broad SMARTS) is 1. The fraction of sp³-hybridized carbons (Fsp3) is 0.800. The number of carbonyl (C=O) groups excluding carboxylic acids is 1. The number of carboxylic acids is 1. The highest BCUT2D eigenvalue weighted by Gasteiger charge is 2.38. The Bertz CT molecular complexity index is 280. The van der Waals surface area contributed by atoms with Crippen molar-refractivity contribution < 1.29 is 19.8 Å². The minimum atomic E-state index is -0.923. The lowest BCUT2D eigenvalue weighted by molar-refractivity contribution is -0.141. The molecule has 1 aliphatic rings. The van der Waals surface area contributed by atoms with E-state index in [0.29, 0.717) is 0 Å². The molecule has 1 fully saturated rings. The number of rotatable bonds is 5. The number of aliphatic hydroxyl groups excluding tert-OH is 1. The summed E-state index contributed by atoms with van der Waals surface area (Å²) < 4.78 is 0. The number of thioether (sulfide) groups is 1. The molecule has 0 aromatic heterocycles. The Morgan fingerprint density at radius 1 is 1.69 bits per heavy atom. The Morgan fingerprint density at radius 2 is 2.31 bits per heavy atom. The molecule has 0 bridgehead atoms. The van der Waals surface area contributed by atoms with Crippen molar-refractivity contribution in [3.05, 3.63) is 0 Å². The largest absolute Gasteiger partial charge is 0.481 e. The maximum Gasteiger partial charge on any atom is 0.308 e. The third-order valence-corrected chi connectivity index (χ3v) is 4.17. The van der Waals surface area contributed by atoms with Gasteiger partial charge in [0.2, 0.25) is 5.91 Å². The second-order valence-corrected chi connectivity index (χ2v) is 5.06. The number of hydrogen-bond donors (Lipinski definition) is 2. The van der Waals surface area contributed by atoms with Crippen LogP contribution in [-0.2, 0) is 9.59 Å². The lowest BCUT2D eigenvalue weighted by atomic mass is 10.1. The predicted molar refractivity (Wildman–Crippen MR) is 61.3 cm³/mol. The van der Waals surface area contributed by atoms with Crippen LogP contribution in [-0.4, -0.2) is 57.7 Å². The molecule has 0 aromatic rings. The zero-order valence-electron chi connectivity index (χ0n) is 9.42. The first kappa shape index (κ1) is 13.3. The number of nitrogens with zero attached hydrogens (tertiary/aromatic N) is 1. The molecule has 0 aliphatic carbocycles. The monoisotopic (exact) mass is 247 g/mol. The third-order valence-electron chi connectivity index (χ3n) is 3.02. The lowest BCUT2D eigenvalue weighted by Gasteiger charge is -2.29. The van der Waals surface area contributed by atoms with Crippen molar-refractivity contribution in [1.29, 1.82) is 0 Å². The van der Waals surface area contributed by atoms with Gasteiger partial charge in [-0.1, -0.05) is 0 Å². The quantitative estimate of drug-likeness (QED) is 0.717. The molecule has 3 unspecified atom stereocenters. The van der Waals surface area contributed by atoms with Crippen molar-refractivity contribution in [2.24, 2.45) is 5.92 Å². The first-order chi connectivity index (χ1) is 7.51. The fourth-order valence-electron chi connectivity index (χ4n) is 1.92. The van der Waals surface area contributed by atoms with Crippen molar-refractivity contribution in [1.82, 2.24) is 4.90 Å². The molecule has 1 amide bonds. The van der Waals surface area contributed by atoms with Gasteiger partial charge < -0.3 is 15.1 Å². The van der Waals surface area contributed by atoms with Crippen molar-refractivity contribution in [3.8, 4) is 0 Å². The van der Waals surface area contributed by atoms with Crippen LogP contribution in [0.5, 0.6) is 0 Å². The number of likely N-dealkylation sites (tertiary alicyclic amines) is 1. The minimum Gasteiger partial charge on any atom is -0.481 e. The maximum atomic E-state index is 11.6. The summed E-state index contributed by atoms with van der Waals surface area (Å²) in [6.45, 7) is 2.09. The highest BCUT2D eigenvalue weighted by atomic mass is 32.2. The topological polar surface area (TPSA) is 77.8 Å². The molecule has 0 saturated carbocycles. The highest BCUT2D eigenvalue weighted by Crippen LogP contribution is 2.24. The third kappa shape index (κ3) is 2.68. The summed E-state index contributed by atoms with van der Waals surface area (Å²) in [6.07, 6.45) is 1.94. The van der Waals surface area contributed by atoms with Gasteiger partial charge >= 0.3 is 5.97 Å². The molecule has 2 N–H and O–H groups in total. The number of hydrogen-bond acceptors (Lipinski definition) is 4. The summed E-state index contributed by atoms with van der Waals surface area (Å²) in [5, 5.41) is 17.9. The Hall–Kier alpha value is -0.750. The van der Waals surface area contributed by atoms with Crippen molar-refractivity contribution in [2.45, 2.75) is 24.6 Å². The van der Waals surface area contributed by atoms with E-state index < -0.39 is 11.9 Å². The van der Waals surface area contributed by atoms with Gasteiger partial charge in [0.1, 0.15) is 0 Å². The maximum absolute atomic E-state index is 11.6. The van der Waals surface area contributed by atoms with E-state index in [1.807, 2.05) is 13.2 Å². The Morgan fingerprint density at radius 3 is 2.69 bits per heavy atom. The zero-order valence-corrected chi connectivity index (χ0v) is 10.2. The zero-order chi connectivity index (χ0) is 12.3. The molecular formula is C10H17NO4S. The first-order valence-corrected chi connectivity index (χ1v) is 6.46. The van der Waals surface area contributed by atoms with E-state index in [2.05, 4.69) is 0 Å². The molecule has 0 aromatic carbocycles. The number of amides is 1. The molecule has 1 heterocycles. The van der Waals surface area contributed by atoms with Crippen LogP contribution < -0.4 is 0 Å². The van der Waals surface area contributed by atoms with E-state index in [-0.39, 0.29) is 36.8 Å². The standard InChI is InChI=1S/C10H17NO4S/c1-6(8(5-12)16-2)11-4-7(10(14)15)3-9(11)13/h6-8,12H,3-5H2,1-2H3,(H,14,15). The van der Waals surface area contributed by atoms with E-state index in [1.165, 1.54) is 11.8 Å². The molecule has 0 spiro atoms. The molecule has 92 valence electrons. The summed E-state index contributed by atoms with van der Waals surface area (Å²) in [5.41, 5.74) is 0. The van der Waals surface area contributed by atoms with Crippen molar-refractivity contribution in [2.75, 3.05) is 19.4 Å². The van der Waals surface area contributed by atoms with Gasteiger partial charge in [-0.2, -0.15) is 11.8 Å². The van der Waals surface area contributed by atoms with Crippen LogP contribution in [0.1, 0.15) is 13.3 Å². The van der Waals surface area contributed by atoms with Gasteiger partial charge in [-0.05, 0) is 13.2 Å². The van der Waals surface area contributed by atoms with Crippen molar-refractivity contribution >= 4 is 23.6 Å². The Labute approximate surface area is 98.8 Å². The average molecular weight is 247 g/mol. The number of aliphatic carboxylic acids is 1. The summed E-state index contributed by atoms with van der Waals surface area (Å²) in [6, 6.07) is -0.128. The van der Waals surface area contributed by atoms with E-state index in [0.717, 1.165) is 0 Å². The molecule has 1 aliphatic heterocycles. The summed E-state index contributed by atoms with van der Waals surface area (Å²) in [4.78, 5) is 24.0. The highest BCUT2D eigenvalue weighted by molar-refractivity contribution is 7.99. The first-order valence-electron chi connectivity index (χ1n) is 5.17. The van der Waals surface area contributed by atoms with Gasteiger partial charge in [0.25, 0.3) is 0 Å². The van der Waals surface area contributed by atoms with E-state index >= 15 is 0 Å². The second-order valence-electron chi connectivity index (χ2n) is 3.98. The van der Waals surface area contributed by atoms with Gasteiger partial charge in [0, 0.05) is 24.3 Å². The molecule has 0 radical (unpaired) electrons. The molecule has 1 rings (SSSR count). The number of aliphatic hydroxyl groups is 1. The second kappa shape index (κ2) is 5.54. The van der Waals surface area contributed by atoms with E-state index in [4.69, 9.17) is 10.2 Å². The van der Waals surface area contributed by atoms with E-state index in [9.17, 15) is 9.59 Å². The predicted octanol–water partition coefficient (Wildman–Crippen LogP) is 0.0319. The van der Waals surface area contributed by atoms with E-state index in [1.54, 1.807) is 4.90 Å². The minimum absolute atomic E-state index is 0.0101. The Kier molecular flexibility index (Phi) is 4.61. The van der Waals surface area contributed by atoms with Crippen LogP contribution in [0.4, 0.5) is 0 Å². The van der Waals surface area contributed by atoms with Gasteiger partial charge in [-0.15, -0.1) is 0 Å². The molecule has 16 heavy (non-hydrogen) atoms. The van der Waals surface area contributed by atoms with Crippen LogP contribution in [0.2, 0.25) is 0 Å². The smallest absolute Gasteiger partial charge is 0.308 e. The normalized spacial score (nSPS) is 24.6. The van der Waals surface area contributed by atoms with Crippen LogP contribution >= 0.6 is 11.8 Å². The summed E-state index contributed by atoms with van der Waals surface area (Å²) in [5.74, 6) is -1.66. The van der Waals surface area contributed by atoms with Gasteiger partial charge in [0.15, 0.2) is 0 Å². The molecule has 6 heteroatoms. The molecule has 3 atom stereocenters. The SMILES string of the molecule is CSC(CO)C(C)N1CC(C(=O)O)CC1=O. The molecule has 1 saturated heterocycles. The van der Waals surface area contributed by atoms with Gasteiger partial charge in [-0.25, -0.2) is 0 Å². The van der Waals surface area contributed by atoms with Crippen LogP contribution in [0.3, 0.4) is 0 Å². The Balaban J connectivity index is 2.67. The lowest BCUT2D eigenvalue weighted by Crippen LogP contribution is -2.42. The fourth-order valence-corrected chi connectivity index (χ4v) is 2.61. The van der Waals surface area contributed by atoms with Crippen LogP contribution in [0.25, 0.3) is 0 Å². The van der Waals surface area contributed by atoms with Crippen LogP contribution in [0.15, 0.2) is 0 Å². The molecular weight excluding hydrogens is 230 g/mol. The summed E-state index contributed by atoms with van der Waals surface area (Å²) >= 11 is 1.49. The number of carbonyl (C=O) groups is 2. The van der Waals surface area contributed by atoms with Gasteiger partial charge in [0.05, 0.1) is 12.5 Å².